The third-order valence-corrected chi connectivity index (χ3v) is 4.19. The smallest absolute Gasteiger partial charge is 0.382 e. The quantitative estimate of drug-likeness (QED) is 0.860. The number of likely N-dealkylation sites (N-methyl/N-ethyl adjacent to an activating group) is 1. The maximum atomic E-state index is 12.2. The number of carbonyl (C=O) groups is 1. The number of carbonyl (C=O) groups excluding carboxylic acids is 1. The Morgan fingerprint density at radius 1 is 1.52 bits per heavy atom. The molecule has 0 fully saturated rings. The zero-order chi connectivity index (χ0) is 15.6. The minimum atomic E-state index is -4.68. The van der Waals surface area contributed by atoms with Crippen molar-refractivity contribution < 1.29 is 23.1 Å². The second-order valence-corrected chi connectivity index (χ2v) is 6.13. The molecule has 118 valence electrons. The van der Waals surface area contributed by atoms with Crippen LogP contribution >= 0.6 is 11.3 Å². The lowest BCUT2D eigenvalue weighted by Gasteiger charge is -2.21. The van der Waals surface area contributed by atoms with Gasteiger partial charge in [-0.1, -0.05) is 0 Å². The summed E-state index contributed by atoms with van der Waals surface area (Å²) in [7, 11) is 1.34. The molecule has 1 unspecified atom stereocenters. The van der Waals surface area contributed by atoms with Crippen LogP contribution in [0.4, 0.5) is 18.3 Å². The number of rotatable bonds is 5. The van der Waals surface area contributed by atoms with Crippen LogP contribution in [0.1, 0.15) is 17.0 Å². The number of aliphatic hydroxyl groups is 1. The topological polar surface area (TPSA) is 65.5 Å². The first-order valence-electron chi connectivity index (χ1n) is 6.47. The zero-order valence-corrected chi connectivity index (χ0v) is 12.2. The Bertz CT molecular complexity index is 497. The van der Waals surface area contributed by atoms with E-state index in [-0.39, 0.29) is 6.54 Å². The van der Waals surface area contributed by atoms with Gasteiger partial charge >= 0.3 is 6.18 Å². The highest BCUT2D eigenvalue weighted by atomic mass is 32.1. The lowest BCUT2D eigenvalue weighted by atomic mass is 10.3. The number of thiazole rings is 1. The molecule has 1 aromatic heterocycles. The molecule has 9 heteroatoms. The van der Waals surface area contributed by atoms with Gasteiger partial charge in [0, 0.05) is 11.4 Å². The molecule has 0 spiro atoms. The molecule has 1 aromatic rings. The van der Waals surface area contributed by atoms with Crippen LogP contribution < -0.4 is 5.32 Å². The Kier molecular flexibility index (Phi) is 4.84. The van der Waals surface area contributed by atoms with Gasteiger partial charge in [-0.15, -0.1) is 11.3 Å². The molecule has 5 nitrogen and oxygen atoms in total. The maximum Gasteiger partial charge on any atom is 0.415 e. The van der Waals surface area contributed by atoms with E-state index in [0.29, 0.717) is 5.13 Å². The fourth-order valence-electron chi connectivity index (χ4n) is 2.11. The number of hydrogen-bond donors (Lipinski definition) is 2. The molecular formula is C12H16F3N3O2S. The summed E-state index contributed by atoms with van der Waals surface area (Å²) in [4.78, 5) is 18.3. The summed E-state index contributed by atoms with van der Waals surface area (Å²) in [5.74, 6) is -0.445. The van der Waals surface area contributed by atoms with Crippen molar-refractivity contribution in [3.05, 3.63) is 10.6 Å². The van der Waals surface area contributed by atoms with E-state index in [4.69, 9.17) is 5.11 Å². The van der Waals surface area contributed by atoms with Crippen LogP contribution in [-0.4, -0.2) is 53.3 Å². The monoisotopic (exact) mass is 323 g/mol. The molecule has 1 atom stereocenters. The second-order valence-electron chi connectivity index (χ2n) is 5.04. The summed E-state index contributed by atoms with van der Waals surface area (Å²) in [6, 6.07) is 0. The van der Waals surface area contributed by atoms with Crippen molar-refractivity contribution in [2.45, 2.75) is 31.5 Å². The minimum Gasteiger partial charge on any atom is -0.382 e. The number of aliphatic hydroxyl groups excluding tert-OH is 1. The third-order valence-electron chi connectivity index (χ3n) is 3.12. The van der Waals surface area contributed by atoms with Crippen LogP contribution in [0.2, 0.25) is 0 Å². The van der Waals surface area contributed by atoms with Crippen molar-refractivity contribution in [2.24, 2.45) is 0 Å². The number of fused-ring (bicyclic) bond motifs is 1. The number of amides is 1. The van der Waals surface area contributed by atoms with E-state index in [2.05, 4.69) is 10.3 Å². The molecule has 0 aliphatic heterocycles. The molecular weight excluding hydrogens is 307 g/mol. The Balaban J connectivity index is 1.81. The van der Waals surface area contributed by atoms with Gasteiger partial charge in [0.2, 0.25) is 5.91 Å². The first-order valence-corrected chi connectivity index (χ1v) is 7.29. The predicted octanol–water partition coefficient (Wildman–Crippen LogP) is 1.43. The number of nitrogens with zero attached hydrogens (tertiary/aromatic N) is 2. The van der Waals surface area contributed by atoms with E-state index in [1.165, 1.54) is 18.4 Å². The number of aryl methyl sites for hydroxylation is 2. The predicted molar refractivity (Wildman–Crippen MR) is 72.3 cm³/mol. The molecule has 0 bridgehead atoms. The van der Waals surface area contributed by atoms with Crippen molar-refractivity contribution in [1.29, 1.82) is 0 Å². The molecule has 2 rings (SSSR count). The van der Waals surface area contributed by atoms with Crippen LogP contribution in [0.3, 0.4) is 0 Å². The fraction of sp³-hybridized carbons (Fsp3) is 0.667. The molecule has 21 heavy (non-hydrogen) atoms. The summed E-state index contributed by atoms with van der Waals surface area (Å²) in [5, 5.41) is 12.0. The van der Waals surface area contributed by atoms with Gasteiger partial charge in [0.1, 0.15) is 0 Å². The lowest BCUT2D eigenvalue weighted by molar-refractivity contribution is -0.207. The molecule has 2 N–H and O–H groups in total. The number of aromatic nitrogens is 1. The molecule has 1 heterocycles. The normalized spacial score (nSPS) is 16.1. The second kappa shape index (κ2) is 6.29. The van der Waals surface area contributed by atoms with Gasteiger partial charge in [-0.25, -0.2) is 4.98 Å². The highest BCUT2D eigenvalue weighted by Crippen LogP contribution is 2.30. The lowest BCUT2D eigenvalue weighted by Crippen LogP contribution is -2.42. The number of alkyl halides is 3. The number of anilines is 1. The standard InChI is InChI=1S/C12H16F3N3O2S/c1-18(5-9(19)12(13,14)15)6-10(20)17-11-16-7-3-2-4-8(7)21-11/h9,19H,2-6H2,1H3,(H,16,17,20). The van der Waals surface area contributed by atoms with Crippen LogP contribution in [0, 0.1) is 0 Å². The SMILES string of the molecule is CN(CC(=O)Nc1nc2c(s1)CCC2)CC(O)C(F)(F)F. The summed E-state index contributed by atoms with van der Waals surface area (Å²) in [6.07, 6.45) is -4.21. The van der Waals surface area contributed by atoms with Crippen molar-refractivity contribution in [1.82, 2.24) is 9.88 Å². The van der Waals surface area contributed by atoms with Gasteiger partial charge < -0.3 is 10.4 Å². The largest absolute Gasteiger partial charge is 0.415 e. The van der Waals surface area contributed by atoms with Gasteiger partial charge in [0.25, 0.3) is 0 Å². The number of halogens is 3. The first-order chi connectivity index (χ1) is 9.75. The highest BCUT2D eigenvalue weighted by Gasteiger charge is 2.38. The van der Waals surface area contributed by atoms with Crippen molar-refractivity contribution in [2.75, 3.05) is 25.5 Å². The molecule has 0 aromatic carbocycles. The third kappa shape index (κ3) is 4.39. The maximum absolute atomic E-state index is 12.2. The average Bonchev–Trinajstić information content (AvgIpc) is 2.87. The van der Waals surface area contributed by atoms with E-state index in [1.807, 2.05) is 0 Å². The van der Waals surface area contributed by atoms with Crippen LogP contribution in [-0.2, 0) is 17.6 Å². The fourth-order valence-corrected chi connectivity index (χ4v) is 3.18. The van der Waals surface area contributed by atoms with Gasteiger partial charge in [-0.05, 0) is 26.3 Å². The summed E-state index contributed by atoms with van der Waals surface area (Å²) >= 11 is 1.40. The highest BCUT2D eigenvalue weighted by molar-refractivity contribution is 7.15. The zero-order valence-electron chi connectivity index (χ0n) is 11.4. The molecule has 0 saturated carbocycles. The minimum absolute atomic E-state index is 0.239. The van der Waals surface area contributed by atoms with Crippen LogP contribution in [0.25, 0.3) is 0 Å². The summed E-state index contributed by atoms with van der Waals surface area (Å²) in [5.41, 5.74) is 0.996. The van der Waals surface area contributed by atoms with Crippen LogP contribution in [0.5, 0.6) is 0 Å². The van der Waals surface area contributed by atoms with E-state index in [1.54, 1.807) is 0 Å². The van der Waals surface area contributed by atoms with Gasteiger partial charge in [0.05, 0.1) is 12.2 Å². The number of nitrogens with one attached hydrogen (secondary N) is 1. The van der Waals surface area contributed by atoms with Gasteiger partial charge in [-0.3, -0.25) is 9.69 Å². The Morgan fingerprint density at radius 3 is 2.86 bits per heavy atom. The molecule has 0 radical (unpaired) electrons. The van der Waals surface area contributed by atoms with Gasteiger partial charge in [-0.2, -0.15) is 13.2 Å². The first kappa shape index (κ1) is 16.2. The van der Waals surface area contributed by atoms with E-state index in [9.17, 15) is 18.0 Å². The number of hydrogen-bond acceptors (Lipinski definition) is 5. The molecule has 1 aliphatic rings. The Hall–Kier alpha value is -1.19. The van der Waals surface area contributed by atoms with E-state index < -0.39 is 24.7 Å². The Labute approximate surface area is 123 Å². The molecule has 1 aliphatic carbocycles. The average molecular weight is 323 g/mol. The van der Waals surface area contributed by atoms with Crippen molar-refractivity contribution in [3.8, 4) is 0 Å². The van der Waals surface area contributed by atoms with Crippen LogP contribution in [0.15, 0.2) is 0 Å². The summed E-state index contributed by atoms with van der Waals surface area (Å²) in [6.45, 7) is -0.886. The molecule has 1 amide bonds. The van der Waals surface area contributed by atoms with Crippen molar-refractivity contribution >= 4 is 22.4 Å². The van der Waals surface area contributed by atoms with Crippen molar-refractivity contribution in [3.63, 3.8) is 0 Å². The van der Waals surface area contributed by atoms with Gasteiger partial charge in [0.15, 0.2) is 11.2 Å². The van der Waals surface area contributed by atoms with E-state index >= 15 is 0 Å². The summed E-state index contributed by atoms with van der Waals surface area (Å²) < 4.78 is 36.6. The van der Waals surface area contributed by atoms with E-state index in [0.717, 1.165) is 34.7 Å². The molecule has 0 saturated heterocycles. The Morgan fingerprint density at radius 2 is 2.24 bits per heavy atom.